The van der Waals surface area contributed by atoms with E-state index in [1.54, 1.807) is 24.3 Å². The zero-order valence-electron chi connectivity index (χ0n) is 18.9. The van der Waals surface area contributed by atoms with Gasteiger partial charge in [0.15, 0.2) is 6.29 Å². The average Bonchev–Trinajstić information content (AvgIpc) is 3.25. The van der Waals surface area contributed by atoms with Gasteiger partial charge in [0, 0.05) is 11.4 Å². The molecule has 2 unspecified atom stereocenters. The Morgan fingerprint density at radius 2 is 1.67 bits per heavy atom. The summed E-state index contributed by atoms with van der Waals surface area (Å²) in [7, 11) is 0.767. The van der Waals surface area contributed by atoms with E-state index >= 15 is 0 Å². The number of likely N-dealkylation sites (tertiary alicyclic amines) is 1. The van der Waals surface area contributed by atoms with Crippen molar-refractivity contribution in [2.24, 2.45) is 0 Å². The third-order valence-corrected chi connectivity index (χ3v) is 6.09. The Labute approximate surface area is 194 Å². The summed E-state index contributed by atoms with van der Waals surface area (Å²) in [5.41, 5.74) is 0.827. The zero-order valence-corrected chi connectivity index (χ0v) is 19.7. The van der Waals surface area contributed by atoms with Crippen LogP contribution in [0.4, 0.5) is 13.2 Å². The van der Waals surface area contributed by atoms with Crippen LogP contribution in [0.3, 0.4) is 0 Å². The van der Waals surface area contributed by atoms with Gasteiger partial charge in [-0.2, -0.15) is 0 Å². The monoisotopic (exact) mass is 489 g/mol. The minimum atomic E-state index is -4.70. The van der Waals surface area contributed by atoms with Crippen molar-refractivity contribution in [1.82, 2.24) is 4.90 Å². The second-order valence-electron chi connectivity index (χ2n) is 6.77. The molecule has 0 aromatic heterocycles. The summed E-state index contributed by atoms with van der Waals surface area (Å²) >= 11 is 0. The lowest BCUT2D eigenvalue weighted by molar-refractivity contribution is -0.274. The fraction of sp³-hybridized carbons (Fsp3) is 0.435. The third-order valence-electron chi connectivity index (χ3n) is 4.36. The molecule has 2 aromatic rings. The van der Waals surface area contributed by atoms with Gasteiger partial charge in [0.05, 0.1) is 22.7 Å². The van der Waals surface area contributed by atoms with Gasteiger partial charge >= 0.3 is 6.36 Å². The van der Waals surface area contributed by atoms with E-state index in [2.05, 4.69) is 9.64 Å². The van der Waals surface area contributed by atoms with Crippen molar-refractivity contribution < 1.29 is 36.8 Å². The van der Waals surface area contributed by atoms with Crippen LogP contribution in [-0.4, -0.2) is 58.9 Å². The first-order chi connectivity index (χ1) is 15.7. The lowest BCUT2D eigenvalue weighted by atomic mass is 10.2. The fourth-order valence-electron chi connectivity index (χ4n) is 2.86. The topological polar surface area (TPSA) is 76.1 Å². The van der Waals surface area contributed by atoms with Gasteiger partial charge in [-0.3, -0.25) is 9.00 Å². The Hall–Kier alpha value is -2.43. The van der Waals surface area contributed by atoms with Crippen molar-refractivity contribution in [3.63, 3.8) is 0 Å². The maximum atomic E-state index is 12.2. The lowest BCUT2D eigenvalue weighted by Gasteiger charge is -2.12. The van der Waals surface area contributed by atoms with Crippen LogP contribution in [-0.2, 0) is 22.2 Å². The molecular formula is C23H30F3NO5S. The second kappa shape index (κ2) is 14.7. The highest BCUT2D eigenvalue weighted by atomic mass is 32.2. The minimum Gasteiger partial charge on any atom is -0.486 e. The summed E-state index contributed by atoms with van der Waals surface area (Å²) in [6.45, 7) is 5.73. The number of rotatable bonds is 7. The van der Waals surface area contributed by atoms with Crippen molar-refractivity contribution in [1.29, 1.82) is 0 Å². The van der Waals surface area contributed by atoms with Crippen LogP contribution in [0.5, 0.6) is 11.5 Å². The molecule has 1 saturated heterocycles. The molecule has 2 aromatic carbocycles. The summed E-state index contributed by atoms with van der Waals surface area (Å²) < 4.78 is 57.0. The van der Waals surface area contributed by atoms with Crippen LogP contribution in [0.25, 0.3) is 0 Å². The number of hydrogen-bond acceptors (Lipinski definition) is 6. The number of benzene rings is 2. The van der Waals surface area contributed by atoms with Gasteiger partial charge in [-0.1, -0.05) is 26.0 Å². The number of carbonyl (C=O) groups is 1. The third kappa shape index (κ3) is 10.8. The molecule has 0 aliphatic carbocycles. The Morgan fingerprint density at radius 1 is 1.09 bits per heavy atom. The predicted octanol–water partition coefficient (Wildman–Crippen LogP) is 4.18. The molecule has 0 amide bonds. The smallest absolute Gasteiger partial charge is 0.486 e. The first-order valence-corrected chi connectivity index (χ1v) is 11.6. The number of aldehydes is 1. The highest BCUT2D eigenvalue weighted by Gasteiger charge is 2.31. The molecule has 1 heterocycles. The first kappa shape index (κ1) is 28.6. The van der Waals surface area contributed by atoms with Crippen LogP contribution in [0, 0.1) is 0 Å². The van der Waals surface area contributed by atoms with Crippen molar-refractivity contribution >= 4 is 17.1 Å². The van der Waals surface area contributed by atoms with Crippen LogP contribution in [0.15, 0.2) is 53.4 Å². The number of nitrogens with zero attached hydrogens (tertiary/aromatic N) is 1. The summed E-state index contributed by atoms with van der Waals surface area (Å²) in [5.74, 6) is 0.344. The molecule has 1 aliphatic heterocycles. The van der Waals surface area contributed by atoms with E-state index < -0.39 is 17.2 Å². The van der Waals surface area contributed by atoms with Crippen molar-refractivity contribution in [3.05, 3.63) is 54.1 Å². The van der Waals surface area contributed by atoms with Crippen LogP contribution >= 0.6 is 0 Å². The molecule has 6 nitrogen and oxygen atoms in total. The van der Waals surface area contributed by atoms with Gasteiger partial charge in [-0.05, 0) is 62.0 Å². The number of halogens is 3. The van der Waals surface area contributed by atoms with Crippen LogP contribution in [0.1, 0.15) is 25.8 Å². The Balaban J connectivity index is 0.000000335. The maximum Gasteiger partial charge on any atom is 0.573 e. The average molecular weight is 490 g/mol. The zero-order chi connectivity index (χ0) is 24.9. The van der Waals surface area contributed by atoms with E-state index in [4.69, 9.17) is 9.84 Å². The molecule has 0 radical (unpaired) electrons. The van der Waals surface area contributed by atoms with Gasteiger partial charge in [-0.25, -0.2) is 0 Å². The predicted molar refractivity (Wildman–Crippen MR) is 121 cm³/mol. The van der Waals surface area contributed by atoms with E-state index in [1.807, 2.05) is 20.9 Å². The number of aliphatic hydroxyl groups excluding tert-OH is 1. The second-order valence-corrected chi connectivity index (χ2v) is 8.50. The minimum absolute atomic E-state index is 0.0218. The maximum absolute atomic E-state index is 12.2. The van der Waals surface area contributed by atoms with Crippen molar-refractivity contribution in [2.75, 3.05) is 26.7 Å². The molecule has 0 spiro atoms. The summed E-state index contributed by atoms with van der Waals surface area (Å²) in [6.07, 6.45) is -3.17. The molecule has 10 heteroatoms. The van der Waals surface area contributed by atoms with Gasteiger partial charge < -0.3 is 19.5 Å². The number of alkyl halides is 3. The van der Waals surface area contributed by atoms with Crippen molar-refractivity contribution in [3.8, 4) is 11.5 Å². The van der Waals surface area contributed by atoms with E-state index in [-0.39, 0.29) is 24.2 Å². The molecule has 1 aliphatic rings. The first-order valence-electron chi connectivity index (χ1n) is 10.4. The SMILES string of the molecule is CC.CN1CCC(S(=O)c2ccc(OC(F)(F)F)cc2)C1.O=CCOc1ccc(CO)cc1. The van der Waals surface area contributed by atoms with Gasteiger partial charge in [0.1, 0.15) is 18.1 Å². The van der Waals surface area contributed by atoms with Gasteiger partial charge in [0.2, 0.25) is 0 Å². The molecule has 184 valence electrons. The summed E-state index contributed by atoms with van der Waals surface area (Å²) in [6, 6.07) is 12.2. The largest absolute Gasteiger partial charge is 0.573 e. The number of carbonyl (C=O) groups excluding carboxylic acids is 1. The lowest BCUT2D eigenvalue weighted by Crippen LogP contribution is -2.20. The molecule has 0 saturated carbocycles. The molecule has 3 rings (SSSR count). The Morgan fingerprint density at radius 3 is 2.12 bits per heavy atom. The summed E-state index contributed by atoms with van der Waals surface area (Å²) in [5, 5.41) is 8.75. The highest BCUT2D eigenvalue weighted by molar-refractivity contribution is 7.85. The number of hydrogen-bond donors (Lipinski definition) is 1. The van der Waals surface area contributed by atoms with E-state index in [0.717, 1.165) is 25.1 Å². The van der Waals surface area contributed by atoms with E-state index in [0.29, 0.717) is 16.9 Å². The molecule has 2 atom stereocenters. The van der Waals surface area contributed by atoms with Crippen molar-refractivity contribution in [2.45, 2.75) is 43.4 Å². The number of ether oxygens (including phenoxy) is 2. The van der Waals surface area contributed by atoms with Gasteiger partial charge in [0.25, 0.3) is 0 Å². The highest BCUT2D eigenvalue weighted by Crippen LogP contribution is 2.25. The van der Waals surface area contributed by atoms with Gasteiger partial charge in [-0.15, -0.1) is 13.2 Å². The molecule has 1 fully saturated rings. The number of aliphatic hydroxyl groups is 1. The normalized spacial score (nSPS) is 16.5. The molecule has 33 heavy (non-hydrogen) atoms. The molecular weight excluding hydrogens is 459 g/mol. The molecule has 0 bridgehead atoms. The summed E-state index contributed by atoms with van der Waals surface area (Å²) in [4.78, 5) is 12.6. The fourth-order valence-corrected chi connectivity index (χ4v) is 4.36. The standard InChI is InChI=1S/C12H14F3NO2S.C9H10O3.C2H6/c1-16-7-6-11(8-16)19(17)10-4-2-9(3-5-10)18-12(13,14)15;10-5-6-12-9-3-1-8(7-11)2-4-9;1-2/h2-5,11H,6-8H2,1H3;1-5,11H,6-7H2;1-2H3. The van der Waals surface area contributed by atoms with E-state index in [1.165, 1.54) is 24.3 Å². The van der Waals surface area contributed by atoms with E-state index in [9.17, 15) is 22.2 Å². The quantitative estimate of drug-likeness (QED) is 0.588. The Bertz CT molecular complexity index is 845. The van der Waals surface area contributed by atoms with Crippen LogP contribution in [0.2, 0.25) is 0 Å². The molecule has 1 N–H and O–H groups in total. The Kier molecular flexibility index (Phi) is 12.7. The van der Waals surface area contributed by atoms with Crippen LogP contribution < -0.4 is 9.47 Å².